The summed E-state index contributed by atoms with van der Waals surface area (Å²) in [5, 5.41) is 8.82. The highest BCUT2D eigenvalue weighted by Crippen LogP contribution is 2.26. The number of nitrogens with zero attached hydrogens (tertiary/aromatic N) is 1. The van der Waals surface area contributed by atoms with E-state index in [1.165, 1.54) is 6.42 Å². The summed E-state index contributed by atoms with van der Waals surface area (Å²) in [7, 11) is 0. The quantitative estimate of drug-likeness (QED) is 0.754. The first-order valence-electron chi connectivity index (χ1n) is 5.76. The summed E-state index contributed by atoms with van der Waals surface area (Å²) < 4.78 is 0. The van der Waals surface area contributed by atoms with Crippen molar-refractivity contribution >= 4 is 21.8 Å². The van der Waals surface area contributed by atoms with Gasteiger partial charge < -0.3 is 10.0 Å². The standard InChI is InChI=1S/C11H20BrNO2/c1-2-10(12)11(15)13(7-4-8-14)9-5-3-6-9/h9-10,14H,2-8H2,1H3. The summed E-state index contributed by atoms with van der Waals surface area (Å²) >= 11 is 3.40. The van der Waals surface area contributed by atoms with Crippen molar-refractivity contribution in [3.63, 3.8) is 0 Å². The molecule has 1 amide bonds. The fourth-order valence-electron chi connectivity index (χ4n) is 1.77. The van der Waals surface area contributed by atoms with Gasteiger partial charge in [0.25, 0.3) is 0 Å². The Labute approximate surface area is 100.0 Å². The Bertz CT molecular complexity index is 207. The first-order valence-corrected chi connectivity index (χ1v) is 6.67. The molecule has 0 saturated heterocycles. The smallest absolute Gasteiger partial charge is 0.236 e. The third-order valence-corrected chi connectivity index (χ3v) is 4.02. The summed E-state index contributed by atoms with van der Waals surface area (Å²) in [5.41, 5.74) is 0. The van der Waals surface area contributed by atoms with Gasteiger partial charge in [-0.3, -0.25) is 4.79 Å². The van der Waals surface area contributed by atoms with E-state index in [9.17, 15) is 4.79 Å². The van der Waals surface area contributed by atoms with Crippen LogP contribution in [0.2, 0.25) is 0 Å². The molecule has 4 heteroatoms. The van der Waals surface area contributed by atoms with E-state index in [1.807, 2.05) is 11.8 Å². The maximum atomic E-state index is 12.0. The summed E-state index contributed by atoms with van der Waals surface area (Å²) in [4.78, 5) is 13.9. The molecular formula is C11H20BrNO2. The number of amides is 1. The van der Waals surface area contributed by atoms with E-state index in [0.29, 0.717) is 19.0 Å². The Balaban J connectivity index is 2.49. The Morgan fingerprint density at radius 2 is 2.27 bits per heavy atom. The zero-order chi connectivity index (χ0) is 11.3. The van der Waals surface area contributed by atoms with Crippen molar-refractivity contribution in [2.45, 2.75) is 49.9 Å². The van der Waals surface area contributed by atoms with E-state index >= 15 is 0 Å². The van der Waals surface area contributed by atoms with Gasteiger partial charge in [-0.2, -0.15) is 0 Å². The topological polar surface area (TPSA) is 40.5 Å². The number of carbonyl (C=O) groups is 1. The average Bonchev–Trinajstić information content (AvgIpc) is 2.19. The molecule has 1 aliphatic carbocycles. The Morgan fingerprint density at radius 3 is 2.67 bits per heavy atom. The van der Waals surface area contributed by atoms with Gasteiger partial charge in [-0.15, -0.1) is 0 Å². The zero-order valence-electron chi connectivity index (χ0n) is 9.29. The lowest BCUT2D eigenvalue weighted by Gasteiger charge is -2.38. The number of aliphatic hydroxyl groups excluding tert-OH is 1. The Morgan fingerprint density at radius 1 is 1.60 bits per heavy atom. The van der Waals surface area contributed by atoms with Gasteiger partial charge in [0.05, 0.1) is 4.83 Å². The lowest BCUT2D eigenvalue weighted by Crippen LogP contribution is -2.47. The number of hydrogen-bond acceptors (Lipinski definition) is 2. The first kappa shape index (κ1) is 13.0. The van der Waals surface area contributed by atoms with Gasteiger partial charge in [-0.25, -0.2) is 0 Å². The number of alkyl halides is 1. The normalized spacial score (nSPS) is 18.3. The molecule has 88 valence electrons. The molecule has 0 radical (unpaired) electrons. The second kappa shape index (κ2) is 6.48. The van der Waals surface area contributed by atoms with Crippen molar-refractivity contribution in [2.75, 3.05) is 13.2 Å². The molecule has 0 aromatic rings. The molecule has 0 heterocycles. The van der Waals surface area contributed by atoms with Gasteiger partial charge in [0.1, 0.15) is 0 Å². The second-order valence-electron chi connectivity index (χ2n) is 4.07. The molecule has 0 bridgehead atoms. The fourth-order valence-corrected chi connectivity index (χ4v) is 2.03. The summed E-state index contributed by atoms with van der Waals surface area (Å²) in [6.07, 6.45) is 4.99. The van der Waals surface area contributed by atoms with Crippen LogP contribution < -0.4 is 0 Å². The van der Waals surface area contributed by atoms with Crippen molar-refractivity contribution in [1.82, 2.24) is 4.90 Å². The number of carbonyl (C=O) groups excluding carboxylic acids is 1. The van der Waals surface area contributed by atoms with E-state index < -0.39 is 0 Å². The van der Waals surface area contributed by atoms with Gasteiger partial charge in [0, 0.05) is 19.2 Å². The van der Waals surface area contributed by atoms with Crippen molar-refractivity contribution in [3.8, 4) is 0 Å². The van der Waals surface area contributed by atoms with E-state index in [2.05, 4.69) is 15.9 Å². The van der Waals surface area contributed by atoms with Gasteiger partial charge >= 0.3 is 0 Å². The zero-order valence-corrected chi connectivity index (χ0v) is 10.9. The van der Waals surface area contributed by atoms with Crippen LogP contribution in [0, 0.1) is 0 Å². The maximum absolute atomic E-state index is 12.0. The fraction of sp³-hybridized carbons (Fsp3) is 0.909. The van der Waals surface area contributed by atoms with Crippen LogP contribution in [-0.4, -0.2) is 39.9 Å². The first-order chi connectivity index (χ1) is 7.20. The Kier molecular flexibility index (Phi) is 5.61. The minimum Gasteiger partial charge on any atom is -0.396 e. The number of hydrogen-bond donors (Lipinski definition) is 1. The maximum Gasteiger partial charge on any atom is 0.236 e. The SMILES string of the molecule is CCC(Br)C(=O)N(CCCO)C1CCC1. The lowest BCUT2D eigenvalue weighted by molar-refractivity contribution is -0.134. The molecule has 1 N–H and O–H groups in total. The molecule has 1 unspecified atom stereocenters. The highest BCUT2D eigenvalue weighted by molar-refractivity contribution is 9.10. The lowest BCUT2D eigenvalue weighted by atomic mass is 9.91. The molecule has 1 rings (SSSR count). The van der Waals surface area contributed by atoms with E-state index in [1.54, 1.807) is 0 Å². The number of halogens is 1. The van der Waals surface area contributed by atoms with Gasteiger partial charge in [0.15, 0.2) is 0 Å². The molecule has 1 atom stereocenters. The Hall–Kier alpha value is -0.0900. The van der Waals surface area contributed by atoms with Gasteiger partial charge in [-0.05, 0) is 32.1 Å². The monoisotopic (exact) mass is 277 g/mol. The molecule has 1 saturated carbocycles. The highest BCUT2D eigenvalue weighted by Gasteiger charge is 2.30. The molecule has 0 spiro atoms. The van der Waals surface area contributed by atoms with Gasteiger partial charge in [0.2, 0.25) is 5.91 Å². The number of aliphatic hydroxyl groups is 1. The summed E-state index contributed by atoms with van der Waals surface area (Å²) in [6, 6.07) is 0.427. The third kappa shape index (κ3) is 3.45. The molecule has 1 fully saturated rings. The van der Waals surface area contributed by atoms with Crippen LogP contribution in [0.5, 0.6) is 0 Å². The highest BCUT2D eigenvalue weighted by atomic mass is 79.9. The van der Waals surface area contributed by atoms with Crippen molar-refractivity contribution in [1.29, 1.82) is 0 Å². The van der Waals surface area contributed by atoms with E-state index in [4.69, 9.17) is 5.11 Å². The summed E-state index contributed by atoms with van der Waals surface area (Å²) in [6.45, 7) is 2.86. The molecule has 0 aromatic heterocycles. The van der Waals surface area contributed by atoms with Crippen LogP contribution in [0.1, 0.15) is 39.0 Å². The predicted molar refractivity (Wildman–Crippen MR) is 64.1 cm³/mol. The minimum absolute atomic E-state index is 0.0585. The minimum atomic E-state index is -0.0585. The summed E-state index contributed by atoms with van der Waals surface area (Å²) in [5.74, 6) is 0.190. The predicted octanol–water partition coefficient (Wildman–Crippen LogP) is 1.92. The number of rotatable bonds is 6. The average molecular weight is 278 g/mol. The van der Waals surface area contributed by atoms with Crippen LogP contribution in [0.15, 0.2) is 0 Å². The van der Waals surface area contributed by atoms with E-state index in [-0.39, 0.29) is 17.3 Å². The molecule has 0 aliphatic heterocycles. The van der Waals surface area contributed by atoms with E-state index in [0.717, 1.165) is 19.3 Å². The van der Waals surface area contributed by atoms with Crippen LogP contribution in [0.4, 0.5) is 0 Å². The van der Waals surface area contributed by atoms with Crippen LogP contribution in [0.3, 0.4) is 0 Å². The molecular weight excluding hydrogens is 258 g/mol. The van der Waals surface area contributed by atoms with Gasteiger partial charge in [-0.1, -0.05) is 22.9 Å². The third-order valence-electron chi connectivity index (χ3n) is 2.98. The molecule has 0 aromatic carbocycles. The van der Waals surface area contributed by atoms with Crippen molar-refractivity contribution in [3.05, 3.63) is 0 Å². The van der Waals surface area contributed by atoms with Crippen LogP contribution >= 0.6 is 15.9 Å². The largest absolute Gasteiger partial charge is 0.396 e. The van der Waals surface area contributed by atoms with Crippen molar-refractivity contribution < 1.29 is 9.90 Å². The second-order valence-corrected chi connectivity index (χ2v) is 5.17. The van der Waals surface area contributed by atoms with Crippen LogP contribution in [-0.2, 0) is 4.79 Å². The molecule has 3 nitrogen and oxygen atoms in total. The molecule has 1 aliphatic rings. The van der Waals surface area contributed by atoms with Crippen LogP contribution in [0.25, 0.3) is 0 Å². The van der Waals surface area contributed by atoms with Crippen molar-refractivity contribution in [2.24, 2.45) is 0 Å². The molecule has 15 heavy (non-hydrogen) atoms.